The number of aliphatic hydroxyl groups excluding tert-OH is 1. The summed E-state index contributed by atoms with van der Waals surface area (Å²) in [6.07, 6.45) is 0.762. The van der Waals surface area contributed by atoms with Gasteiger partial charge in [0, 0.05) is 12.5 Å². The Labute approximate surface area is 107 Å². The van der Waals surface area contributed by atoms with Gasteiger partial charge in [-0.3, -0.25) is 0 Å². The van der Waals surface area contributed by atoms with Crippen molar-refractivity contribution in [3.63, 3.8) is 0 Å². The molecule has 0 aromatic heterocycles. The van der Waals surface area contributed by atoms with Gasteiger partial charge in [0.2, 0.25) is 0 Å². The molecular weight excluding hydrogens is 230 g/mol. The summed E-state index contributed by atoms with van der Waals surface area (Å²) in [5.74, 6) is 0.188. The number of nitrogens with zero attached hydrogens (tertiary/aromatic N) is 1. The summed E-state index contributed by atoms with van der Waals surface area (Å²) < 4.78 is 0. The van der Waals surface area contributed by atoms with Crippen LogP contribution in [0.4, 0.5) is 0 Å². The number of nitrogens with one attached hydrogen (secondary N) is 1. The fourth-order valence-corrected chi connectivity index (χ4v) is 1.71. The van der Waals surface area contributed by atoms with E-state index in [0.717, 1.165) is 5.56 Å². The SMILES string of the molecule is CC(O)CCNC(CC(N)=NO)c1ccccc1. The van der Waals surface area contributed by atoms with E-state index in [2.05, 4.69) is 10.5 Å². The van der Waals surface area contributed by atoms with Crippen LogP contribution in [0, 0.1) is 0 Å². The molecule has 2 atom stereocenters. The van der Waals surface area contributed by atoms with Crippen LogP contribution < -0.4 is 11.1 Å². The second-order valence-corrected chi connectivity index (χ2v) is 4.35. The van der Waals surface area contributed by atoms with E-state index in [0.29, 0.717) is 19.4 Å². The first-order valence-corrected chi connectivity index (χ1v) is 6.06. The normalized spacial score (nSPS) is 15.3. The molecule has 0 fully saturated rings. The third-order valence-corrected chi connectivity index (χ3v) is 2.70. The minimum atomic E-state index is -0.335. The molecule has 5 N–H and O–H groups in total. The van der Waals surface area contributed by atoms with Gasteiger partial charge in [0.05, 0.1) is 6.10 Å². The molecule has 0 aliphatic rings. The summed E-state index contributed by atoms with van der Waals surface area (Å²) in [4.78, 5) is 0. The Balaban J connectivity index is 2.64. The Morgan fingerprint density at radius 2 is 2.06 bits per heavy atom. The zero-order valence-electron chi connectivity index (χ0n) is 10.6. The summed E-state index contributed by atoms with van der Waals surface area (Å²) >= 11 is 0. The van der Waals surface area contributed by atoms with Gasteiger partial charge in [-0.05, 0) is 25.5 Å². The molecule has 0 radical (unpaired) electrons. The first-order chi connectivity index (χ1) is 8.63. The largest absolute Gasteiger partial charge is 0.409 e. The second kappa shape index (κ2) is 7.68. The van der Waals surface area contributed by atoms with Gasteiger partial charge in [-0.2, -0.15) is 0 Å². The molecule has 2 unspecified atom stereocenters. The monoisotopic (exact) mass is 251 g/mol. The van der Waals surface area contributed by atoms with Crippen molar-refractivity contribution in [3.8, 4) is 0 Å². The molecule has 18 heavy (non-hydrogen) atoms. The predicted molar refractivity (Wildman–Crippen MR) is 71.5 cm³/mol. The van der Waals surface area contributed by atoms with Crippen molar-refractivity contribution in [2.45, 2.75) is 31.9 Å². The number of aliphatic hydroxyl groups is 1. The maximum atomic E-state index is 9.24. The number of hydrogen-bond donors (Lipinski definition) is 4. The highest BCUT2D eigenvalue weighted by Gasteiger charge is 2.12. The number of oxime groups is 1. The lowest BCUT2D eigenvalue weighted by Gasteiger charge is -2.19. The first-order valence-electron chi connectivity index (χ1n) is 6.06. The highest BCUT2D eigenvalue weighted by atomic mass is 16.4. The fraction of sp³-hybridized carbons (Fsp3) is 0.462. The number of nitrogens with two attached hydrogens (primary N) is 1. The molecule has 1 aromatic carbocycles. The minimum absolute atomic E-state index is 0.0131. The zero-order chi connectivity index (χ0) is 13.4. The van der Waals surface area contributed by atoms with Crippen LogP contribution >= 0.6 is 0 Å². The number of hydrogen-bond acceptors (Lipinski definition) is 4. The van der Waals surface area contributed by atoms with E-state index in [4.69, 9.17) is 10.9 Å². The number of rotatable bonds is 7. The quantitative estimate of drug-likeness (QED) is 0.254. The van der Waals surface area contributed by atoms with Gasteiger partial charge < -0.3 is 21.4 Å². The van der Waals surface area contributed by atoms with Crippen molar-refractivity contribution < 1.29 is 10.3 Å². The molecule has 0 heterocycles. The van der Waals surface area contributed by atoms with Crippen molar-refractivity contribution in [1.29, 1.82) is 0 Å². The van der Waals surface area contributed by atoms with E-state index in [9.17, 15) is 5.11 Å². The fourth-order valence-electron chi connectivity index (χ4n) is 1.71. The Kier molecular flexibility index (Phi) is 6.18. The molecule has 5 heteroatoms. The van der Waals surface area contributed by atoms with Crippen LogP contribution in [0.15, 0.2) is 35.5 Å². The molecule has 1 aromatic rings. The van der Waals surface area contributed by atoms with Crippen molar-refractivity contribution in [2.24, 2.45) is 10.9 Å². The van der Waals surface area contributed by atoms with Crippen LogP contribution in [0.25, 0.3) is 0 Å². The Bertz CT molecular complexity index is 366. The average molecular weight is 251 g/mol. The maximum Gasteiger partial charge on any atom is 0.141 e. The van der Waals surface area contributed by atoms with Crippen molar-refractivity contribution >= 4 is 5.84 Å². The Hall–Kier alpha value is -1.59. The second-order valence-electron chi connectivity index (χ2n) is 4.35. The molecule has 0 saturated carbocycles. The highest BCUT2D eigenvalue weighted by molar-refractivity contribution is 5.80. The van der Waals surface area contributed by atoms with E-state index >= 15 is 0 Å². The van der Waals surface area contributed by atoms with E-state index in [-0.39, 0.29) is 18.0 Å². The van der Waals surface area contributed by atoms with Crippen molar-refractivity contribution in [1.82, 2.24) is 5.32 Å². The van der Waals surface area contributed by atoms with Crippen LogP contribution in [0.3, 0.4) is 0 Å². The number of amidine groups is 1. The maximum absolute atomic E-state index is 9.24. The van der Waals surface area contributed by atoms with E-state index in [1.54, 1.807) is 6.92 Å². The van der Waals surface area contributed by atoms with Crippen molar-refractivity contribution in [3.05, 3.63) is 35.9 Å². The van der Waals surface area contributed by atoms with Gasteiger partial charge in [-0.15, -0.1) is 0 Å². The molecule has 0 aliphatic carbocycles. The van der Waals surface area contributed by atoms with Crippen LogP contribution in [0.5, 0.6) is 0 Å². The summed E-state index contributed by atoms with van der Waals surface area (Å²) in [5, 5.41) is 24.2. The third-order valence-electron chi connectivity index (χ3n) is 2.70. The minimum Gasteiger partial charge on any atom is -0.409 e. The average Bonchev–Trinajstić information content (AvgIpc) is 2.38. The van der Waals surface area contributed by atoms with Gasteiger partial charge in [0.25, 0.3) is 0 Å². The lowest BCUT2D eigenvalue weighted by molar-refractivity contribution is 0.182. The smallest absolute Gasteiger partial charge is 0.141 e. The van der Waals surface area contributed by atoms with Crippen LogP contribution in [-0.4, -0.2) is 28.8 Å². The van der Waals surface area contributed by atoms with E-state index in [1.165, 1.54) is 0 Å². The molecule has 5 nitrogen and oxygen atoms in total. The topological polar surface area (TPSA) is 90.9 Å². The first kappa shape index (κ1) is 14.5. The predicted octanol–water partition coefficient (Wildman–Crippen LogP) is 1.22. The van der Waals surface area contributed by atoms with E-state index in [1.807, 2.05) is 30.3 Å². The number of benzene rings is 1. The molecule has 0 aliphatic heterocycles. The highest BCUT2D eigenvalue weighted by Crippen LogP contribution is 2.16. The van der Waals surface area contributed by atoms with Gasteiger partial charge in [-0.25, -0.2) is 0 Å². The summed E-state index contributed by atoms with van der Waals surface area (Å²) in [6.45, 7) is 2.43. The van der Waals surface area contributed by atoms with Gasteiger partial charge in [0.1, 0.15) is 5.84 Å². The standard InChI is InChI=1S/C13H21N3O2/c1-10(17)7-8-15-12(9-13(14)16-18)11-5-3-2-4-6-11/h2-6,10,12,15,17-18H,7-9H2,1H3,(H2,14,16). The molecule has 0 amide bonds. The summed E-state index contributed by atoms with van der Waals surface area (Å²) in [5.41, 5.74) is 6.63. The van der Waals surface area contributed by atoms with Crippen molar-refractivity contribution in [2.75, 3.05) is 6.54 Å². The molecular formula is C13H21N3O2. The van der Waals surface area contributed by atoms with Crippen LogP contribution in [0.1, 0.15) is 31.4 Å². The molecule has 0 bridgehead atoms. The van der Waals surface area contributed by atoms with Crippen LogP contribution in [-0.2, 0) is 0 Å². The summed E-state index contributed by atoms with van der Waals surface area (Å²) in [7, 11) is 0. The zero-order valence-corrected chi connectivity index (χ0v) is 10.6. The third kappa shape index (κ3) is 5.16. The molecule has 0 spiro atoms. The van der Waals surface area contributed by atoms with E-state index < -0.39 is 0 Å². The van der Waals surface area contributed by atoms with Gasteiger partial charge in [-0.1, -0.05) is 35.5 Å². The van der Waals surface area contributed by atoms with Crippen LogP contribution in [0.2, 0.25) is 0 Å². The lowest BCUT2D eigenvalue weighted by atomic mass is 10.0. The molecule has 100 valence electrons. The van der Waals surface area contributed by atoms with Gasteiger partial charge in [0.15, 0.2) is 0 Å². The molecule has 1 rings (SSSR count). The molecule has 0 saturated heterocycles. The van der Waals surface area contributed by atoms with Gasteiger partial charge >= 0.3 is 0 Å². The summed E-state index contributed by atoms with van der Waals surface area (Å²) in [6, 6.07) is 9.81. The Morgan fingerprint density at radius 1 is 1.39 bits per heavy atom. The Morgan fingerprint density at radius 3 is 2.61 bits per heavy atom. The lowest BCUT2D eigenvalue weighted by Crippen LogP contribution is -2.29.